The number of sulfone groups is 1. The van der Waals surface area contributed by atoms with Crippen molar-refractivity contribution in [2.24, 2.45) is 0 Å². The van der Waals surface area contributed by atoms with Crippen molar-refractivity contribution in [3.63, 3.8) is 0 Å². The summed E-state index contributed by atoms with van der Waals surface area (Å²) in [6.45, 7) is 3.71. The predicted octanol–water partition coefficient (Wildman–Crippen LogP) is 5.42. The molecule has 0 fully saturated rings. The summed E-state index contributed by atoms with van der Waals surface area (Å²) >= 11 is 0. The third-order valence-corrected chi connectivity index (χ3v) is 7.62. The highest BCUT2D eigenvalue weighted by atomic mass is 32.2. The molecule has 0 saturated heterocycles. The average molecular weight is 515 g/mol. The number of hydrogen-bond acceptors (Lipinski definition) is 5. The molecule has 8 heteroatoms. The average Bonchev–Trinajstić information content (AvgIpc) is 3.38. The first-order valence-electron chi connectivity index (χ1n) is 11.8. The third-order valence-electron chi connectivity index (χ3n) is 6.49. The van der Waals surface area contributed by atoms with Gasteiger partial charge in [0.15, 0.2) is 15.6 Å². The van der Waals surface area contributed by atoms with Gasteiger partial charge in [-0.1, -0.05) is 48.5 Å². The lowest BCUT2D eigenvalue weighted by Crippen LogP contribution is -2.51. The number of benzene rings is 3. The molecule has 2 amide bonds. The van der Waals surface area contributed by atoms with Gasteiger partial charge in [0.2, 0.25) is 5.91 Å². The van der Waals surface area contributed by atoms with Crippen molar-refractivity contribution in [1.29, 1.82) is 0 Å². The first kappa shape index (κ1) is 24.5. The Hall–Kier alpha value is -4.17. The van der Waals surface area contributed by atoms with Gasteiger partial charge < -0.3 is 14.2 Å². The van der Waals surface area contributed by atoms with Crippen molar-refractivity contribution in [3.05, 3.63) is 90.7 Å². The largest absolute Gasteiger partial charge is 0.451 e. The van der Waals surface area contributed by atoms with Gasteiger partial charge in [-0.05, 0) is 54.4 Å². The number of carbonyl (C=O) groups is 2. The highest BCUT2D eigenvalue weighted by molar-refractivity contribution is 7.90. The number of hydrogen-bond donors (Lipinski definition) is 0. The van der Waals surface area contributed by atoms with E-state index in [4.69, 9.17) is 4.42 Å². The molecule has 4 aromatic rings. The van der Waals surface area contributed by atoms with E-state index in [1.165, 1.54) is 13.2 Å². The lowest BCUT2D eigenvalue weighted by atomic mass is 10.0. The van der Waals surface area contributed by atoms with Gasteiger partial charge in [-0.3, -0.25) is 9.59 Å². The molecule has 188 valence electrons. The van der Waals surface area contributed by atoms with Crippen LogP contribution in [0.4, 0.5) is 11.4 Å². The van der Waals surface area contributed by atoms with Crippen LogP contribution in [0.5, 0.6) is 0 Å². The Morgan fingerprint density at radius 3 is 2.16 bits per heavy atom. The number of fused-ring (bicyclic) bond motifs is 1. The van der Waals surface area contributed by atoms with Crippen molar-refractivity contribution in [3.8, 4) is 22.5 Å². The van der Waals surface area contributed by atoms with Gasteiger partial charge in [0.05, 0.1) is 22.3 Å². The van der Waals surface area contributed by atoms with Gasteiger partial charge >= 0.3 is 0 Å². The number of furan rings is 1. The van der Waals surface area contributed by atoms with E-state index in [1.807, 2.05) is 55.5 Å². The molecule has 1 aromatic heterocycles. The molecule has 37 heavy (non-hydrogen) atoms. The zero-order valence-corrected chi connectivity index (χ0v) is 21.5. The van der Waals surface area contributed by atoms with Crippen LogP contribution in [0.1, 0.15) is 24.4 Å². The van der Waals surface area contributed by atoms with E-state index >= 15 is 0 Å². The predicted molar refractivity (Wildman–Crippen MR) is 143 cm³/mol. The fraction of sp³-hybridized carbons (Fsp3) is 0.172. The molecule has 0 unspecified atom stereocenters. The van der Waals surface area contributed by atoms with Crippen LogP contribution in [0.3, 0.4) is 0 Å². The molecule has 0 spiro atoms. The monoisotopic (exact) mass is 514 g/mol. The smallest absolute Gasteiger partial charge is 0.294 e. The van der Waals surface area contributed by atoms with E-state index in [0.717, 1.165) is 16.7 Å². The Bertz CT molecular complexity index is 1590. The summed E-state index contributed by atoms with van der Waals surface area (Å²) in [5.74, 6) is 0.383. The summed E-state index contributed by atoms with van der Waals surface area (Å²) in [7, 11) is -3.32. The standard InChI is InChI=1S/C29H26N2O5S/c1-19-18-30(29(33)28-16-15-27(36-28)22-7-5-4-6-8-22)26-17-23(11-14-25(26)31(19)20(2)32)21-9-12-24(13-10-21)37(3,34)35/h4-17,19H,18H2,1-3H3/t19-/m0/s1. The quantitative estimate of drug-likeness (QED) is 0.363. The Morgan fingerprint density at radius 1 is 0.838 bits per heavy atom. The first-order valence-corrected chi connectivity index (χ1v) is 13.7. The molecule has 0 saturated carbocycles. The maximum absolute atomic E-state index is 13.7. The molecule has 0 radical (unpaired) electrons. The van der Waals surface area contributed by atoms with E-state index < -0.39 is 9.84 Å². The number of rotatable bonds is 4. The minimum atomic E-state index is -3.32. The zero-order valence-electron chi connectivity index (χ0n) is 20.7. The number of anilines is 2. The van der Waals surface area contributed by atoms with Crippen LogP contribution in [0.2, 0.25) is 0 Å². The van der Waals surface area contributed by atoms with Crippen LogP contribution >= 0.6 is 0 Å². The molecule has 5 rings (SSSR count). The lowest BCUT2D eigenvalue weighted by Gasteiger charge is -2.40. The summed E-state index contributed by atoms with van der Waals surface area (Å²) in [5, 5.41) is 0. The summed E-state index contributed by atoms with van der Waals surface area (Å²) in [6.07, 6.45) is 1.17. The van der Waals surface area contributed by atoms with Crippen molar-refractivity contribution in [1.82, 2.24) is 0 Å². The number of nitrogens with zero attached hydrogens (tertiary/aromatic N) is 2. The second kappa shape index (κ2) is 9.37. The molecule has 3 aromatic carbocycles. The van der Waals surface area contributed by atoms with Crippen LogP contribution in [-0.2, 0) is 14.6 Å². The molecule has 0 aliphatic carbocycles. The molecule has 2 heterocycles. The van der Waals surface area contributed by atoms with Crippen molar-refractivity contribution >= 4 is 33.0 Å². The van der Waals surface area contributed by atoms with Gasteiger partial charge in [0.25, 0.3) is 5.91 Å². The maximum Gasteiger partial charge on any atom is 0.294 e. The summed E-state index contributed by atoms with van der Waals surface area (Å²) in [4.78, 5) is 29.8. The molecule has 0 N–H and O–H groups in total. The Morgan fingerprint density at radius 2 is 1.51 bits per heavy atom. The highest BCUT2D eigenvalue weighted by Gasteiger charge is 2.35. The van der Waals surface area contributed by atoms with Crippen molar-refractivity contribution in [2.45, 2.75) is 24.8 Å². The Labute approximate surface area is 215 Å². The summed E-state index contributed by atoms with van der Waals surface area (Å²) < 4.78 is 29.7. The van der Waals surface area contributed by atoms with Crippen molar-refractivity contribution < 1.29 is 22.4 Å². The topological polar surface area (TPSA) is 87.9 Å². The number of carbonyl (C=O) groups excluding carboxylic acids is 2. The van der Waals surface area contributed by atoms with Crippen LogP contribution in [-0.4, -0.2) is 39.1 Å². The second-order valence-electron chi connectivity index (χ2n) is 9.18. The first-order chi connectivity index (χ1) is 17.6. The minimum Gasteiger partial charge on any atom is -0.451 e. The third kappa shape index (κ3) is 4.68. The fourth-order valence-electron chi connectivity index (χ4n) is 4.71. The number of amides is 2. The van der Waals surface area contributed by atoms with Crippen molar-refractivity contribution in [2.75, 3.05) is 22.6 Å². The van der Waals surface area contributed by atoms with Crippen LogP contribution in [0.15, 0.2) is 94.2 Å². The highest BCUT2D eigenvalue weighted by Crippen LogP contribution is 2.40. The molecular weight excluding hydrogens is 488 g/mol. The molecule has 7 nitrogen and oxygen atoms in total. The fourth-order valence-corrected chi connectivity index (χ4v) is 5.35. The van der Waals surface area contributed by atoms with Gasteiger partial charge in [-0.15, -0.1) is 0 Å². The molecule has 1 aliphatic heterocycles. The van der Waals surface area contributed by atoms with Gasteiger partial charge in [0.1, 0.15) is 5.76 Å². The zero-order chi connectivity index (χ0) is 26.3. The van der Waals surface area contributed by atoms with Crippen LogP contribution < -0.4 is 9.80 Å². The lowest BCUT2D eigenvalue weighted by molar-refractivity contribution is -0.117. The van der Waals surface area contributed by atoms with E-state index in [1.54, 1.807) is 46.2 Å². The van der Waals surface area contributed by atoms with Gasteiger partial charge in [-0.2, -0.15) is 0 Å². The normalized spacial score (nSPS) is 15.4. The molecular formula is C29H26N2O5S. The Balaban J connectivity index is 1.56. The van der Waals surface area contributed by atoms with Gasteiger partial charge in [0, 0.05) is 25.3 Å². The van der Waals surface area contributed by atoms with E-state index in [-0.39, 0.29) is 28.5 Å². The Kier molecular flexibility index (Phi) is 6.21. The van der Waals surface area contributed by atoms with Crippen LogP contribution in [0, 0.1) is 0 Å². The summed E-state index contributed by atoms with van der Waals surface area (Å²) in [6, 6.07) is 24.9. The molecule has 0 bridgehead atoms. The van der Waals surface area contributed by atoms with Gasteiger partial charge in [-0.25, -0.2) is 8.42 Å². The van der Waals surface area contributed by atoms with E-state index in [0.29, 0.717) is 23.7 Å². The SMILES string of the molecule is CC(=O)N1c2ccc(-c3ccc(S(C)(=O)=O)cc3)cc2N(C(=O)c2ccc(-c3ccccc3)o2)C[C@@H]1C. The van der Waals surface area contributed by atoms with E-state index in [9.17, 15) is 18.0 Å². The minimum absolute atomic E-state index is 0.115. The maximum atomic E-state index is 13.7. The molecule has 1 atom stereocenters. The van der Waals surface area contributed by atoms with E-state index in [2.05, 4.69) is 0 Å². The van der Waals surface area contributed by atoms with Crippen LogP contribution in [0.25, 0.3) is 22.5 Å². The molecule has 1 aliphatic rings. The summed E-state index contributed by atoms with van der Waals surface area (Å²) in [5.41, 5.74) is 3.67. The second-order valence-corrected chi connectivity index (χ2v) is 11.2.